The van der Waals surface area contributed by atoms with Crippen LogP contribution in [0.15, 0.2) is 0 Å². The van der Waals surface area contributed by atoms with Crippen molar-refractivity contribution in [3.05, 3.63) is 5.82 Å². The van der Waals surface area contributed by atoms with Gasteiger partial charge in [0.15, 0.2) is 11.6 Å². The maximum absolute atomic E-state index is 5.10. The zero-order valence-corrected chi connectivity index (χ0v) is 14.6. The van der Waals surface area contributed by atoms with Crippen LogP contribution in [0.1, 0.15) is 58.2 Å². The molecule has 1 aromatic rings. The van der Waals surface area contributed by atoms with Gasteiger partial charge in [-0.25, -0.2) is 4.98 Å². The highest BCUT2D eigenvalue weighted by atomic mass is 15.3. The standard InChI is InChI=1S/C18H32N4/c1-15(2)14-16-19-17(21-10-6-4-7-11-21)18(20(16)3)22-12-8-5-9-13-22/h15H,4-14H2,1-3H3. The maximum Gasteiger partial charge on any atom is 0.172 e. The molecule has 0 saturated carbocycles. The summed E-state index contributed by atoms with van der Waals surface area (Å²) >= 11 is 0. The van der Waals surface area contributed by atoms with Crippen LogP contribution in [-0.2, 0) is 13.5 Å². The minimum absolute atomic E-state index is 0.657. The number of nitrogens with zero attached hydrogens (tertiary/aromatic N) is 4. The quantitative estimate of drug-likeness (QED) is 0.849. The van der Waals surface area contributed by atoms with Crippen LogP contribution in [0.2, 0.25) is 0 Å². The Hall–Kier alpha value is -1.19. The summed E-state index contributed by atoms with van der Waals surface area (Å²) in [7, 11) is 2.22. The van der Waals surface area contributed by atoms with Crippen molar-refractivity contribution in [3.8, 4) is 0 Å². The van der Waals surface area contributed by atoms with Crippen LogP contribution in [0.25, 0.3) is 0 Å². The molecule has 3 heterocycles. The first-order chi connectivity index (χ1) is 10.7. The number of anilines is 2. The molecule has 4 heteroatoms. The Morgan fingerprint density at radius 1 is 0.864 bits per heavy atom. The van der Waals surface area contributed by atoms with Gasteiger partial charge >= 0.3 is 0 Å². The van der Waals surface area contributed by atoms with E-state index >= 15 is 0 Å². The average Bonchev–Trinajstić information content (AvgIpc) is 2.85. The lowest BCUT2D eigenvalue weighted by molar-refractivity contribution is 0.554. The SMILES string of the molecule is CC(C)Cc1nc(N2CCCCC2)c(N2CCCCC2)n1C. The first-order valence-electron chi connectivity index (χ1n) is 9.22. The molecule has 0 radical (unpaired) electrons. The largest absolute Gasteiger partial charge is 0.355 e. The van der Waals surface area contributed by atoms with Crippen molar-refractivity contribution in [3.63, 3.8) is 0 Å². The predicted octanol–water partition coefficient (Wildman–Crippen LogP) is 3.60. The lowest BCUT2D eigenvalue weighted by atomic mass is 10.1. The van der Waals surface area contributed by atoms with Crippen LogP contribution >= 0.6 is 0 Å². The Morgan fingerprint density at radius 2 is 1.41 bits per heavy atom. The fourth-order valence-electron chi connectivity index (χ4n) is 3.84. The highest BCUT2D eigenvalue weighted by molar-refractivity contribution is 5.65. The molecular formula is C18H32N4. The fraction of sp³-hybridized carbons (Fsp3) is 0.833. The van der Waals surface area contributed by atoms with Crippen molar-refractivity contribution in [1.82, 2.24) is 9.55 Å². The van der Waals surface area contributed by atoms with Gasteiger partial charge in [0.1, 0.15) is 5.82 Å². The van der Waals surface area contributed by atoms with Gasteiger partial charge in [-0.1, -0.05) is 13.8 Å². The van der Waals surface area contributed by atoms with Gasteiger partial charge in [0.2, 0.25) is 0 Å². The molecule has 3 rings (SSSR count). The summed E-state index contributed by atoms with van der Waals surface area (Å²) in [6.45, 7) is 9.33. The highest BCUT2D eigenvalue weighted by Gasteiger charge is 2.26. The molecule has 0 aromatic carbocycles. The molecule has 124 valence electrons. The molecule has 2 saturated heterocycles. The van der Waals surface area contributed by atoms with E-state index in [9.17, 15) is 0 Å². The molecule has 0 spiro atoms. The molecular weight excluding hydrogens is 272 g/mol. The van der Waals surface area contributed by atoms with Crippen LogP contribution < -0.4 is 9.80 Å². The first-order valence-corrected chi connectivity index (χ1v) is 9.22. The summed E-state index contributed by atoms with van der Waals surface area (Å²) in [4.78, 5) is 10.2. The summed E-state index contributed by atoms with van der Waals surface area (Å²) in [5.41, 5.74) is 0. The fourth-order valence-corrected chi connectivity index (χ4v) is 3.84. The van der Waals surface area contributed by atoms with Crippen molar-refractivity contribution in [2.45, 2.75) is 58.8 Å². The van der Waals surface area contributed by atoms with Gasteiger partial charge < -0.3 is 14.4 Å². The zero-order valence-electron chi connectivity index (χ0n) is 14.6. The lowest BCUT2D eigenvalue weighted by Crippen LogP contribution is -2.35. The van der Waals surface area contributed by atoms with Crippen LogP contribution in [-0.4, -0.2) is 35.7 Å². The van der Waals surface area contributed by atoms with Gasteiger partial charge in [-0.15, -0.1) is 0 Å². The molecule has 4 nitrogen and oxygen atoms in total. The lowest BCUT2D eigenvalue weighted by Gasteiger charge is -2.33. The smallest absolute Gasteiger partial charge is 0.172 e. The van der Waals surface area contributed by atoms with E-state index in [4.69, 9.17) is 4.98 Å². The molecule has 0 aliphatic carbocycles. The molecule has 0 bridgehead atoms. The summed E-state index contributed by atoms with van der Waals surface area (Å²) < 4.78 is 2.38. The Bertz CT molecular complexity index is 480. The average molecular weight is 304 g/mol. The summed E-state index contributed by atoms with van der Waals surface area (Å²) in [5.74, 6) is 4.57. The van der Waals surface area contributed by atoms with Gasteiger partial charge in [-0.2, -0.15) is 0 Å². The molecule has 1 aromatic heterocycles. The van der Waals surface area contributed by atoms with Crippen molar-refractivity contribution in [2.75, 3.05) is 36.0 Å². The van der Waals surface area contributed by atoms with Crippen LogP contribution in [0.5, 0.6) is 0 Å². The number of rotatable bonds is 4. The molecule has 0 amide bonds. The summed E-state index contributed by atoms with van der Waals surface area (Å²) in [5, 5.41) is 0. The van der Waals surface area contributed by atoms with E-state index in [0.29, 0.717) is 5.92 Å². The second-order valence-corrected chi connectivity index (χ2v) is 7.43. The zero-order chi connectivity index (χ0) is 15.5. The van der Waals surface area contributed by atoms with Gasteiger partial charge in [-0.05, 0) is 44.4 Å². The topological polar surface area (TPSA) is 24.3 Å². The van der Waals surface area contributed by atoms with E-state index in [1.54, 1.807) is 0 Å². The number of imidazole rings is 1. The molecule has 2 aliphatic rings. The van der Waals surface area contributed by atoms with E-state index in [1.807, 2.05) is 0 Å². The first kappa shape index (κ1) is 15.7. The van der Waals surface area contributed by atoms with Crippen molar-refractivity contribution >= 4 is 11.6 Å². The highest BCUT2D eigenvalue weighted by Crippen LogP contribution is 2.33. The Labute approximate surface area is 135 Å². The molecule has 0 unspecified atom stereocenters. The van der Waals surface area contributed by atoms with Crippen LogP contribution in [0.4, 0.5) is 11.6 Å². The van der Waals surface area contributed by atoms with E-state index in [2.05, 4.69) is 35.3 Å². The third-order valence-electron chi connectivity index (χ3n) is 5.04. The Kier molecular flexibility index (Phi) is 4.94. The monoisotopic (exact) mass is 304 g/mol. The van der Waals surface area contributed by atoms with Crippen LogP contribution in [0, 0.1) is 5.92 Å². The van der Waals surface area contributed by atoms with E-state index < -0.39 is 0 Å². The number of aromatic nitrogens is 2. The Balaban J connectivity index is 1.93. The van der Waals surface area contributed by atoms with Gasteiger partial charge in [-0.3, -0.25) is 0 Å². The van der Waals surface area contributed by atoms with Gasteiger partial charge in [0.05, 0.1) is 0 Å². The van der Waals surface area contributed by atoms with Crippen molar-refractivity contribution < 1.29 is 0 Å². The number of piperidine rings is 2. The van der Waals surface area contributed by atoms with Crippen molar-refractivity contribution in [2.24, 2.45) is 13.0 Å². The summed E-state index contributed by atoms with van der Waals surface area (Å²) in [6, 6.07) is 0. The Morgan fingerprint density at radius 3 is 1.95 bits per heavy atom. The van der Waals surface area contributed by atoms with Gasteiger partial charge in [0.25, 0.3) is 0 Å². The minimum atomic E-state index is 0.657. The second kappa shape index (κ2) is 6.93. The number of hydrogen-bond acceptors (Lipinski definition) is 3. The van der Waals surface area contributed by atoms with E-state index in [-0.39, 0.29) is 0 Å². The van der Waals surface area contributed by atoms with E-state index in [0.717, 1.165) is 6.42 Å². The minimum Gasteiger partial charge on any atom is -0.355 e. The third-order valence-corrected chi connectivity index (χ3v) is 5.04. The molecule has 2 aliphatic heterocycles. The molecule has 0 atom stereocenters. The molecule has 0 N–H and O–H groups in total. The van der Waals surface area contributed by atoms with Crippen LogP contribution in [0.3, 0.4) is 0 Å². The molecule has 22 heavy (non-hydrogen) atoms. The van der Waals surface area contributed by atoms with Gasteiger partial charge in [0, 0.05) is 39.6 Å². The number of hydrogen-bond donors (Lipinski definition) is 0. The maximum atomic E-state index is 5.10. The normalized spacial score (nSPS) is 20.0. The van der Waals surface area contributed by atoms with E-state index in [1.165, 1.54) is 82.2 Å². The summed E-state index contributed by atoms with van der Waals surface area (Å²) in [6.07, 6.45) is 9.11. The third kappa shape index (κ3) is 3.26. The predicted molar refractivity (Wildman–Crippen MR) is 93.9 cm³/mol. The molecule has 2 fully saturated rings. The second-order valence-electron chi connectivity index (χ2n) is 7.43. The van der Waals surface area contributed by atoms with Crippen molar-refractivity contribution in [1.29, 1.82) is 0 Å².